The predicted molar refractivity (Wildman–Crippen MR) is 62.6 cm³/mol. The molecule has 0 aliphatic heterocycles. The first-order valence-electron chi connectivity index (χ1n) is 5.20. The third-order valence-electron chi connectivity index (χ3n) is 2.41. The highest BCUT2D eigenvalue weighted by molar-refractivity contribution is 5.25. The van der Waals surface area contributed by atoms with Gasteiger partial charge in [0.15, 0.2) is 0 Å². The van der Waals surface area contributed by atoms with Gasteiger partial charge in [0.25, 0.3) is 0 Å². The number of rotatable bonds is 3. The van der Waals surface area contributed by atoms with E-state index in [1.807, 2.05) is 12.1 Å². The van der Waals surface area contributed by atoms with Gasteiger partial charge in [-0.05, 0) is 18.6 Å². The van der Waals surface area contributed by atoms with Crippen molar-refractivity contribution in [2.75, 3.05) is 7.11 Å². The molecule has 1 heterocycles. The summed E-state index contributed by atoms with van der Waals surface area (Å²) >= 11 is 0. The molecule has 82 valence electrons. The quantitative estimate of drug-likeness (QED) is 0.786. The van der Waals surface area contributed by atoms with Crippen LogP contribution < -0.4 is 4.74 Å². The van der Waals surface area contributed by atoms with Gasteiger partial charge in [0.05, 0.1) is 12.8 Å². The second kappa shape index (κ2) is 4.75. The molecule has 3 heteroatoms. The number of hydrogen-bond donors (Lipinski definition) is 0. The van der Waals surface area contributed by atoms with Crippen molar-refractivity contribution in [3.8, 4) is 5.88 Å². The molecule has 2 rings (SSSR count). The number of methoxy groups -OCH3 is 1. The fraction of sp³-hybridized carbons (Fsp3) is 0.231. The Balaban J connectivity index is 2.11. The van der Waals surface area contributed by atoms with E-state index in [0.717, 1.165) is 12.1 Å². The van der Waals surface area contributed by atoms with Gasteiger partial charge in [0.2, 0.25) is 5.88 Å². The van der Waals surface area contributed by atoms with E-state index in [1.54, 1.807) is 7.11 Å². The van der Waals surface area contributed by atoms with Crippen molar-refractivity contribution in [2.45, 2.75) is 13.3 Å². The lowest BCUT2D eigenvalue weighted by Crippen LogP contribution is -1.96. The van der Waals surface area contributed by atoms with Crippen molar-refractivity contribution >= 4 is 0 Å². The molecule has 0 aliphatic carbocycles. The van der Waals surface area contributed by atoms with Gasteiger partial charge in [-0.2, -0.15) is 5.10 Å². The molecule has 0 saturated heterocycles. The smallest absolute Gasteiger partial charge is 0.233 e. The van der Waals surface area contributed by atoms with E-state index in [9.17, 15) is 0 Å². The molecule has 0 spiro atoms. The van der Waals surface area contributed by atoms with Crippen molar-refractivity contribution in [1.82, 2.24) is 10.2 Å². The minimum atomic E-state index is 0.549. The number of ether oxygens (including phenoxy) is 1. The first-order valence-corrected chi connectivity index (χ1v) is 5.20. The molecule has 0 atom stereocenters. The molecular weight excluding hydrogens is 200 g/mol. The molecule has 16 heavy (non-hydrogen) atoms. The highest BCUT2D eigenvalue weighted by Crippen LogP contribution is 2.10. The van der Waals surface area contributed by atoms with E-state index in [1.165, 1.54) is 11.1 Å². The Bertz CT molecular complexity index is 448. The molecule has 0 bridgehead atoms. The summed E-state index contributed by atoms with van der Waals surface area (Å²) in [6, 6.07) is 12.2. The Morgan fingerprint density at radius 3 is 2.31 bits per heavy atom. The summed E-state index contributed by atoms with van der Waals surface area (Å²) in [6.45, 7) is 2.08. The van der Waals surface area contributed by atoms with Crippen molar-refractivity contribution in [1.29, 1.82) is 0 Å². The van der Waals surface area contributed by atoms with Gasteiger partial charge in [-0.3, -0.25) is 0 Å². The van der Waals surface area contributed by atoms with Crippen LogP contribution in [0.4, 0.5) is 0 Å². The Kier molecular flexibility index (Phi) is 3.15. The van der Waals surface area contributed by atoms with Crippen molar-refractivity contribution in [3.05, 3.63) is 53.2 Å². The van der Waals surface area contributed by atoms with Crippen LogP contribution in [0.25, 0.3) is 0 Å². The molecule has 0 fully saturated rings. The summed E-state index contributed by atoms with van der Waals surface area (Å²) in [4.78, 5) is 0. The molecule has 0 unspecified atom stereocenters. The number of aromatic nitrogens is 2. The van der Waals surface area contributed by atoms with Gasteiger partial charge in [0.1, 0.15) is 0 Å². The molecule has 0 aliphatic rings. The van der Waals surface area contributed by atoms with Crippen LogP contribution in [0.1, 0.15) is 16.8 Å². The normalized spacial score (nSPS) is 10.1. The Labute approximate surface area is 95.1 Å². The SMILES string of the molecule is COc1ccc(Cc2ccc(C)cc2)nn1. The highest BCUT2D eigenvalue weighted by atomic mass is 16.5. The van der Waals surface area contributed by atoms with Crippen LogP contribution in [0.3, 0.4) is 0 Å². The maximum atomic E-state index is 4.96. The number of benzene rings is 1. The summed E-state index contributed by atoms with van der Waals surface area (Å²) in [6.07, 6.45) is 0.803. The Hall–Kier alpha value is -1.90. The zero-order valence-corrected chi connectivity index (χ0v) is 9.47. The number of hydrogen-bond acceptors (Lipinski definition) is 3. The predicted octanol–water partition coefficient (Wildman–Crippen LogP) is 2.38. The van der Waals surface area contributed by atoms with Crippen molar-refractivity contribution in [2.24, 2.45) is 0 Å². The number of nitrogens with zero attached hydrogens (tertiary/aromatic N) is 2. The second-order valence-corrected chi connectivity index (χ2v) is 3.73. The first-order chi connectivity index (χ1) is 7.78. The number of aryl methyl sites for hydroxylation is 1. The molecule has 0 saturated carbocycles. The van der Waals surface area contributed by atoms with E-state index < -0.39 is 0 Å². The largest absolute Gasteiger partial charge is 0.480 e. The van der Waals surface area contributed by atoms with Crippen LogP contribution in [0.5, 0.6) is 5.88 Å². The van der Waals surface area contributed by atoms with E-state index in [2.05, 4.69) is 41.4 Å². The summed E-state index contributed by atoms with van der Waals surface area (Å²) < 4.78 is 4.96. The van der Waals surface area contributed by atoms with Crippen LogP contribution in [0, 0.1) is 6.92 Å². The summed E-state index contributed by atoms with van der Waals surface area (Å²) in [5.74, 6) is 0.549. The Morgan fingerprint density at radius 2 is 1.75 bits per heavy atom. The Morgan fingerprint density at radius 1 is 1.00 bits per heavy atom. The lowest BCUT2D eigenvalue weighted by atomic mass is 10.1. The lowest BCUT2D eigenvalue weighted by Gasteiger charge is -2.02. The van der Waals surface area contributed by atoms with E-state index in [4.69, 9.17) is 4.74 Å². The third-order valence-corrected chi connectivity index (χ3v) is 2.41. The van der Waals surface area contributed by atoms with Crippen LogP contribution >= 0.6 is 0 Å². The molecule has 3 nitrogen and oxygen atoms in total. The van der Waals surface area contributed by atoms with Gasteiger partial charge in [-0.15, -0.1) is 5.10 Å². The monoisotopic (exact) mass is 214 g/mol. The lowest BCUT2D eigenvalue weighted by molar-refractivity contribution is 0.391. The molecule has 0 radical (unpaired) electrons. The van der Waals surface area contributed by atoms with E-state index >= 15 is 0 Å². The van der Waals surface area contributed by atoms with Gasteiger partial charge in [0, 0.05) is 12.5 Å². The zero-order chi connectivity index (χ0) is 11.4. The standard InChI is InChI=1S/C13H14N2O/c1-10-3-5-11(6-4-10)9-12-7-8-13(16-2)15-14-12/h3-8H,9H2,1-2H3. The highest BCUT2D eigenvalue weighted by Gasteiger charge is 1.99. The van der Waals surface area contributed by atoms with Crippen LogP contribution in [-0.2, 0) is 6.42 Å². The topological polar surface area (TPSA) is 35.0 Å². The molecule has 2 aromatic rings. The third kappa shape index (κ3) is 2.57. The van der Waals surface area contributed by atoms with Crippen molar-refractivity contribution < 1.29 is 4.74 Å². The first kappa shape index (κ1) is 10.6. The van der Waals surface area contributed by atoms with E-state index in [0.29, 0.717) is 5.88 Å². The van der Waals surface area contributed by atoms with Gasteiger partial charge in [-0.25, -0.2) is 0 Å². The average molecular weight is 214 g/mol. The minimum absolute atomic E-state index is 0.549. The average Bonchev–Trinajstić information content (AvgIpc) is 2.33. The molecule has 0 amide bonds. The summed E-state index contributed by atoms with van der Waals surface area (Å²) in [5.41, 5.74) is 3.46. The second-order valence-electron chi connectivity index (χ2n) is 3.73. The molecular formula is C13H14N2O. The van der Waals surface area contributed by atoms with Gasteiger partial charge < -0.3 is 4.74 Å². The molecule has 1 aromatic heterocycles. The maximum absolute atomic E-state index is 4.96. The van der Waals surface area contributed by atoms with Crippen LogP contribution in [0.2, 0.25) is 0 Å². The van der Waals surface area contributed by atoms with E-state index in [-0.39, 0.29) is 0 Å². The van der Waals surface area contributed by atoms with Gasteiger partial charge in [-0.1, -0.05) is 29.8 Å². The maximum Gasteiger partial charge on any atom is 0.233 e. The fourth-order valence-electron chi connectivity index (χ4n) is 1.47. The molecule has 1 aromatic carbocycles. The molecule has 0 N–H and O–H groups in total. The van der Waals surface area contributed by atoms with Crippen molar-refractivity contribution in [3.63, 3.8) is 0 Å². The van der Waals surface area contributed by atoms with Crippen LogP contribution in [0.15, 0.2) is 36.4 Å². The summed E-state index contributed by atoms with van der Waals surface area (Å²) in [7, 11) is 1.59. The summed E-state index contributed by atoms with van der Waals surface area (Å²) in [5, 5.41) is 8.03. The van der Waals surface area contributed by atoms with Crippen LogP contribution in [-0.4, -0.2) is 17.3 Å². The van der Waals surface area contributed by atoms with Gasteiger partial charge >= 0.3 is 0 Å². The fourth-order valence-corrected chi connectivity index (χ4v) is 1.47. The minimum Gasteiger partial charge on any atom is -0.480 e. The zero-order valence-electron chi connectivity index (χ0n) is 9.47.